The van der Waals surface area contributed by atoms with E-state index < -0.39 is 23.5 Å². The van der Waals surface area contributed by atoms with Crippen molar-refractivity contribution in [1.82, 2.24) is 4.90 Å². The molecule has 2 aromatic rings. The number of rotatable bonds is 5. The smallest absolute Gasteiger partial charge is 0.290 e. The Bertz CT molecular complexity index is 899. The van der Waals surface area contributed by atoms with Gasteiger partial charge in [-0.25, -0.2) is 0 Å². The van der Waals surface area contributed by atoms with Crippen LogP contribution in [-0.4, -0.2) is 41.0 Å². The number of benzene rings is 1. The van der Waals surface area contributed by atoms with Crippen LogP contribution in [0.25, 0.3) is 0 Å². The molecule has 140 valence electrons. The molecule has 1 amide bonds. The summed E-state index contributed by atoms with van der Waals surface area (Å²) in [5.74, 6) is -1.61. The zero-order chi connectivity index (χ0) is 19.0. The Morgan fingerprint density at radius 2 is 2.15 bits per heavy atom. The molecule has 0 unspecified atom stereocenters. The Morgan fingerprint density at radius 1 is 1.30 bits per heavy atom. The first kappa shape index (κ1) is 17.8. The van der Waals surface area contributed by atoms with Crippen LogP contribution >= 0.6 is 11.6 Å². The van der Waals surface area contributed by atoms with Crippen molar-refractivity contribution in [3.8, 4) is 0 Å². The summed E-state index contributed by atoms with van der Waals surface area (Å²) in [6.07, 6.45) is 3.00. The van der Waals surface area contributed by atoms with Gasteiger partial charge in [0, 0.05) is 18.2 Å². The lowest BCUT2D eigenvalue weighted by Crippen LogP contribution is -2.37. The fraction of sp³-hybridized carbons (Fsp3) is 0.300. The van der Waals surface area contributed by atoms with Gasteiger partial charge in [0.25, 0.3) is 5.91 Å². The highest BCUT2D eigenvalue weighted by molar-refractivity contribution is 6.30. The summed E-state index contributed by atoms with van der Waals surface area (Å²) >= 11 is 6.13. The maximum atomic E-state index is 13.0. The van der Waals surface area contributed by atoms with Crippen molar-refractivity contribution in [3.63, 3.8) is 0 Å². The standard InChI is InChI=1S/C20H18ClNO5/c21-13-5-1-4-12(10-13)17-16(18(23)15-7-3-9-27-15)19(24)20(25)22(17)11-14-6-2-8-26-14/h1,3-5,7,9-10,14,17,24H,2,6,8,11H2/t14-,17+/m0/s1. The molecule has 7 heteroatoms. The summed E-state index contributed by atoms with van der Waals surface area (Å²) in [6.45, 7) is 0.932. The van der Waals surface area contributed by atoms with Crippen LogP contribution in [0.5, 0.6) is 0 Å². The highest BCUT2D eigenvalue weighted by Gasteiger charge is 2.45. The van der Waals surface area contributed by atoms with Gasteiger partial charge in [-0.3, -0.25) is 9.59 Å². The minimum Gasteiger partial charge on any atom is -0.503 e. The molecular weight excluding hydrogens is 370 g/mol. The minimum atomic E-state index is -0.752. The zero-order valence-electron chi connectivity index (χ0n) is 14.4. The molecule has 0 aliphatic carbocycles. The van der Waals surface area contributed by atoms with Crippen LogP contribution in [-0.2, 0) is 9.53 Å². The van der Waals surface area contributed by atoms with E-state index >= 15 is 0 Å². The SMILES string of the molecule is O=C(C1=C(O)C(=O)N(C[C@@H]2CCCO2)[C@@H]1c1cccc(Cl)c1)c1ccco1. The van der Waals surface area contributed by atoms with Gasteiger partial charge in [-0.05, 0) is 42.7 Å². The van der Waals surface area contributed by atoms with Gasteiger partial charge in [-0.1, -0.05) is 23.7 Å². The van der Waals surface area contributed by atoms with Crippen molar-refractivity contribution in [2.45, 2.75) is 25.0 Å². The number of halogens is 1. The molecule has 0 saturated carbocycles. The molecule has 4 rings (SSSR count). The lowest BCUT2D eigenvalue weighted by atomic mass is 9.95. The van der Waals surface area contributed by atoms with E-state index in [0.717, 1.165) is 12.8 Å². The predicted octanol–water partition coefficient (Wildman–Crippen LogP) is 3.69. The number of amides is 1. The molecule has 1 aromatic heterocycles. The molecule has 1 N–H and O–H groups in total. The van der Waals surface area contributed by atoms with Gasteiger partial charge in [-0.15, -0.1) is 0 Å². The maximum absolute atomic E-state index is 13.0. The number of furan rings is 1. The number of carbonyl (C=O) groups is 2. The molecule has 1 fully saturated rings. The minimum absolute atomic E-state index is 0.00443. The molecule has 2 atom stereocenters. The van der Waals surface area contributed by atoms with Crippen molar-refractivity contribution in [2.75, 3.05) is 13.2 Å². The Labute approximate surface area is 161 Å². The normalized spacial score (nSPS) is 22.7. The first-order chi connectivity index (χ1) is 13.1. The largest absolute Gasteiger partial charge is 0.503 e. The first-order valence-electron chi connectivity index (χ1n) is 8.75. The van der Waals surface area contributed by atoms with Crippen molar-refractivity contribution in [1.29, 1.82) is 0 Å². The van der Waals surface area contributed by atoms with E-state index in [2.05, 4.69) is 0 Å². The third-order valence-electron chi connectivity index (χ3n) is 4.88. The Morgan fingerprint density at radius 3 is 2.81 bits per heavy atom. The van der Waals surface area contributed by atoms with Gasteiger partial charge >= 0.3 is 0 Å². The van der Waals surface area contributed by atoms with E-state index in [-0.39, 0.29) is 24.0 Å². The van der Waals surface area contributed by atoms with Crippen molar-refractivity contribution >= 4 is 23.3 Å². The number of ether oxygens (including phenoxy) is 1. The fourth-order valence-electron chi connectivity index (χ4n) is 3.65. The van der Waals surface area contributed by atoms with E-state index in [1.807, 2.05) is 0 Å². The molecule has 3 heterocycles. The topological polar surface area (TPSA) is 80.0 Å². The highest BCUT2D eigenvalue weighted by Crippen LogP contribution is 2.40. The second kappa shape index (κ2) is 7.21. The molecule has 0 radical (unpaired) electrons. The van der Waals surface area contributed by atoms with Crippen LogP contribution in [0.15, 0.2) is 58.4 Å². The number of hydrogen-bond acceptors (Lipinski definition) is 5. The Hall–Kier alpha value is -2.57. The summed E-state index contributed by atoms with van der Waals surface area (Å²) in [5.41, 5.74) is 0.642. The highest BCUT2D eigenvalue weighted by atomic mass is 35.5. The van der Waals surface area contributed by atoms with Crippen LogP contribution in [0, 0.1) is 0 Å². The van der Waals surface area contributed by atoms with Crippen molar-refractivity contribution < 1.29 is 23.8 Å². The number of hydrogen-bond donors (Lipinski definition) is 1. The lowest BCUT2D eigenvalue weighted by molar-refractivity contribution is -0.131. The zero-order valence-corrected chi connectivity index (χ0v) is 15.2. The van der Waals surface area contributed by atoms with Crippen molar-refractivity contribution in [3.05, 3.63) is 70.3 Å². The van der Waals surface area contributed by atoms with Crippen LogP contribution in [0.4, 0.5) is 0 Å². The maximum Gasteiger partial charge on any atom is 0.290 e. The first-order valence-corrected chi connectivity index (χ1v) is 9.13. The Balaban J connectivity index is 1.76. The van der Waals surface area contributed by atoms with E-state index in [1.54, 1.807) is 30.3 Å². The molecule has 6 nitrogen and oxygen atoms in total. The summed E-state index contributed by atoms with van der Waals surface area (Å²) < 4.78 is 10.8. The molecule has 0 bridgehead atoms. The Kier molecular flexibility index (Phi) is 4.76. The predicted molar refractivity (Wildman–Crippen MR) is 97.6 cm³/mol. The van der Waals surface area contributed by atoms with Crippen molar-refractivity contribution in [2.24, 2.45) is 0 Å². The van der Waals surface area contributed by atoms with Crippen LogP contribution in [0.3, 0.4) is 0 Å². The molecule has 2 aliphatic heterocycles. The average molecular weight is 388 g/mol. The number of Topliss-reactive ketones (excluding diaryl/α,β-unsaturated/α-hetero) is 1. The fourth-order valence-corrected chi connectivity index (χ4v) is 3.84. The van der Waals surface area contributed by atoms with Crippen LogP contribution < -0.4 is 0 Å². The number of nitrogens with zero attached hydrogens (tertiary/aromatic N) is 1. The second-order valence-electron chi connectivity index (χ2n) is 6.62. The van der Waals surface area contributed by atoms with E-state index in [0.29, 0.717) is 17.2 Å². The summed E-state index contributed by atoms with van der Waals surface area (Å²) in [5, 5.41) is 11.0. The molecule has 2 aliphatic rings. The van der Waals surface area contributed by atoms with Gasteiger partial charge < -0.3 is 19.2 Å². The van der Waals surface area contributed by atoms with Gasteiger partial charge in [-0.2, -0.15) is 0 Å². The third-order valence-corrected chi connectivity index (χ3v) is 5.12. The second-order valence-corrected chi connectivity index (χ2v) is 7.06. The van der Waals surface area contributed by atoms with Crippen LogP contribution in [0.2, 0.25) is 5.02 Å². The lowest BCUT2D eigenvalue weighted by Gasteiger charge is -2.28. The van der Waals surface area contributed by atoms with E-state index in [1.165, 1.54) is 17.2 Å². The molecule has 1 aromatic carbocycles. The molecule has 1 saturated heterocycles. The summed E-state index contributed by atoms with van der Waals surface area (Å²) in [4.78, 5) is 27.2. The van der Waals surface area contributed by atoms with Gasteiger partial charge in [0.05, 0.1) is 24.0 Å². The molecule has 27 heavy (non-hydrogen) atoms. The van der Waals surface area contributed by atoms with Gasteiger partial charge in [0.1, 0.15) is 0 Å². The third kappa shape index (κ3) is 3.26. The number of aliphatic hydroxyl groups is 1. The number of ketones is 1. The molecule has 0 spiro atoms. The number of aliphatic hydroxyl groups excluding tert-OH is 1. The molecular formula is C20H18ClNO5. The van der Waals surface area contributed by atoms with Gasteiger partial charge in [0.15, 0.2) is 11.5 Å². The van der Waals surface area contributed by atoms with E-state index in [4.69, 9.17) is 20.8 Å². The van der Waals surface area contributed by atoms with Crippen LogP contribution in [0.1, 0.15) is 35.0 Å². The monoisotopic (exact) mass is 387 g/mol. The van der Waals surface area contributed by atoms with Gasteiger partial charge in [0.2, 0.25) is 5.78 Å². The van der Waals surface area contributed by atoms with E-state index in [9.17, 15) is 14.7 Å². The average Bonchev–Trinajstić information content (AvgIpc) is 3.40. The summed E-state index contributed by atoms with van der Waals surface area (Å²) in [6, 6.07) is 9.26. The number of carbonyl (C=O) groups excluding carboxylic acids is 2. The summed E-state index contributed by atoms with van der Waals surface area (Å²) in [7, 11) is 0. The quantitative estimate of drug-likeness (QED) is 0.791.